The summed E-state index contributed by atoms with van der Waals surface area (Å²) in [6.45, 7) is 2.46. The highest BCUT2D eigenvalue weighted by atomic mass is 35.5. The summed E-state index contributed by atoms with van der Waals surface area (Å²) in [7, 11) is -3.69. The van der Waals surface area contributed by atoms with Crippen molar-refractivity contribution in [3.8, 4) is 0 Å². The fraction of sp³-hybridized carbons (Fsp3) is 0.318. The first kappa shape index (κ1) is 23.9. The zero-order valence-corrected chi connectivity index (χ0v) is 21.0. The van der Waals surface area contributed by atoms with E-state index < -0.39 is 21.5 Å². The zero-order valence-electron chi connectivity index (χ0n) is 17.8. The van der Waals surface area contributed by atoms with E-state index in [-0.39, 0.29) is 10.8 Å². The number of thiazole rings is 1. The number of carbonyl (C=O) groups is 1. The molecule has 0 bridgehead atoms. The number of aryl methyl sites for hydroxylation is 2. The van der Waals surface area contributed by atoms with Crippen LogP contribution in [0.25, 0.3) is 5.57 Å². The maximum atomic E-state index is 12.4. The van der Waals surface area contributed by atoms with Crippen LogP contribution in [0.5, 0.6) is 0 Å². The van der Waals surface area contributed by atoms with Crippen molar-refractivity contribution in [3.05, 3.63) is 68.5 Å². The standard InChI is InChI=1S/C22H22Cl2N4O3S2/c1-14-26-11-21(32-14)33(30,31)13-20(29)25-8-7-15-3-2-4-16-10-27-28(22(15)16)12-17-5-6-18(23)9-19(17)24/h5-7,9-11H,2-4,8,12-13H2,1H3,(H,25,29)/b15-7+. The molecule has 4 rings (SSSR count). The van der Waals surface area contributed by atoms with E-state index in [1.165, 1.54) is 6.20 Å². The first-order valence-electron chi connectivity index (χ1n) is 10.3. The lowest BCUT2D eigenvalue weighted by molar-refractivity contribution is -0.118. The van der Waals surface area contributed by atoms with E-state index in [1.807, 2.05) is 23.0 Å². The third kappa shape index (κ3) is 5.66. The van der Waals surface area contributed by atoms with Gasteiger partial charge in [-0.05, 0) is 55.0 Å². The van der Waals surface area contributed by atoms with E-state index in [0.29, 0.717) is 21.6 Å². The van der Waals surface area contributed by atoms with E-state index in [9.17, 15) is 13.2 Å². The second-order valence-corrected chi connectivity index (χ2v) is 12.1. The molecule has 1 N–H and O–H groups in total. The molecule has 1 aromatic carbocycles. The number of sulfone groups is 1. The quantitative estimate of drug-likeness (QED) is 0.496. The van der Waals surface area contributed by atoms with Crippen LogP contribution in [0.3, 0.4) is 0 Å². The number of nitrogens with zero attached hydrogens (tertiary/aromatic N) is 3. The number of hydrogen-bond donors (Lipinski definition) is 1. The molecule has 0 radical (unpaired) electrons. The average Bonchev–Trinajstić information content (AvgIpc) is 3.37. The fourth-order valence-corrected chi connectivity index (χ4v) is 6.58. The number of nitrogens with one attached hydrogen (secondary N) is 1. The van der Waals surface area contributed by atoms with Gasteiger partial charge in [0.05, 0.1) is 29.6 Å². The summed E-state index contributed by atoms with van der Waals surface area (Å²) >= 11 is 13.4. The molecule has 0 saturated carbocycles. The van der Waals surface area contributed by atoms with Gasteiger partial charge in [-0.3, -0.25) is 9.48 Å². The highest BCUT2D eigenvalue weighted by molar-refractivity contribution is 7.94. The normalized spacial score (nSPS) is 14.9. The van der Waals surface area contributed by atoms with Gasteiger partial charge in [0, 0.05) is 16.6 Å². The van der Waals surface area contributed by atoms with Gasteiger partial charge in [-0.15, -0.1) is 11.3 Å². The van der Waals surface area contributed by atoms with Crippen LogP contribution in [-0.2, 0) is 27.6 Å². The van der Waals surface area contributed by atoms with Gasteiger partial charge < -0.3 is 5.32 Å². The molecular weight excluding hydrogens is 503 g/mol. The van der Waals surface area contributed by atoms with Gasteiger partial charge in [-0.1, -0.05) is 35.3 Å². The molecule has 0 unspecified atom stereocenters. The molecule has 2 heterocycles. The number of rotatable bonds is 7. The van der Waals surface area contributed by atoms with Crippen LogP contribution < -0.4 is 5.32 Å². The molecule has 33 heavy (non-hydrogen) atoms. The van der Waals surface area contributed by atoms with Crippen molar-refractivity contribution < 1.29 is 13.2 Å². The lowest BCUT2D eigenvalue weighted by Crippen LogP contribution is -2.30. The molecule has 1 aliphatic rings. The van der Waals surface area contributed by atoms with Gasteiger partial charge in [0.1, 0.15) is 9.96 Å². The minimum absolute atomic E-state index is 0.107. The van der Waals surface area contributed by atoms with E-state index in [4.69, 9.17) is 23.2 Å². The summed E-state index contributed by atoms with van der Waals surface area (Å²) < 4.78 is 26.8. The summed E-state index contributed by atoms with van der Waals surface area (Å²) in [4.78, 5) is 16.2. The Morgan fingerprint density at radius 2 is 2.09 bits per heavy atom. The van der Waals surface area contributed by atoms with E-state index in [2.05, 4.69) is 15.4 Å². The number of allylic oxidation sites excluding steroid dienone is 1. The summed E-state index contributed by atoms with van der Waals surface area (Å²) in [6, 6.07) is 5.39. The Bertz CT molecular complexity index is 1330. The van der Waals surface area contributed by atoms with Gasteiger partial charge in [-0.25, -0.2) is 13.4 Å². The molecule has 0 fully saturated rings. The van der Waals surface area contributed by atoms with E-state index in [1.54, 1.807) is 19.1 Å². The molecule has 0 saturated heterocycles. The molecule has 0 aliphatic heterocycles. The Kier molecular flexibility index (Phi) is 7.23. The highest BCUT2D eigenvalue weighted by Crippen LogP contribution is 2.32. The van der Waals surface area contributed by atoms with Crippen molar-refractivity contribution in [2.75, 3.05) is 12.3 Å². The van der Waals surface area contributed by atoms with Gasteiger partial charge in [0.2, 0.25) is 5.91 Å². The van der Waals surface area contributed by atoms with Crippen LogP contribution >= 0.6 is 34.5 Å². The van der Waals surface area contributed by atoms with Gasteiger partial charge in [0.15, 0.2) is 9.84 Å². The van der Waals surface area contributed by atoms with Crippen LogP contribution in [0.4, 0.5) is 0 Å². The maximum Gasteiger partial charge on any atom is 0.235 e. The van der Waals surface area contributed by atoms with Crippen LogP contribution in [0, 0.1) is 6.92 Å². The van der Waals surface area contributed by atoms with Gasteiger partial charge >= 0.3 is 0 Å². The van der Waals surface area contributed by atoms with Crippen molar-refractivity contribution >= 4 is 55.9 Å². The van der Waals surface area contributed by atoms with Crippen LogP contribution in [0.2, 0.25) is 10.0 Å². The van der Waals surface area contributed by atoms with Gasteiger partial charge in [0.25, 0.3) is 0 Å². The Labute approximate surface area is 206 Å². The summed E-state index contributed by atoms with van der Waals surface area (Å²) in [5.74, 6) is -1.15. The molecule has 2 aromatic heterocycles. The summed E-state index contributed by atoms with van der Waals surface area (Å²) in [5.41, 5.74) is 4.15. The summed E-state index contributed by atoms with van der Waals surface area (Å²) in [6.07, 6.45) is 7.86. The van der Waals surface area contributed by atoms with Crippen molar-refractivity contribution in [2.24, 2.45) is 0 Å². The first-order valence-corrected chi connectivity index (χ1v) is 13.6. The molecule has 7 nitrogen and oxygen atoms in total. The fourth-order valence-electron chi connectivity index (χ4n) is 3.77. The SMILES string of the molecule is Cc1ncc(S(=O)(=O)CC(=O)NC/C=C2\CCCc3cnn(Cc4ccc(Cl)cc4Cl)c32)s1. The van der Waals surface area contributed by atoms with E-state index >= 15 is 0 Å². The Balaban J connectivity index is 1.45. The third-order valence-electron chi connectivity index (χ3n) is 5.32. The molecule has 174 valence electrons. The van der Waals surface area contributed by atoms with Crippen LogP contribution in [0.15, 0.2) is 40.9 Å². The Morgan fingerprint density at radius 3 is 2.82 bits per heavy atom. The molecule has 0 atom stereocenters. The number of fused-ring (bicyclic) bond motifs is 1. The predicted molar refractivity (Wildman–Crippen MR) is 131 cm³/mol. The zero-order chi connectivity index (χ0) is 23.6. The highest BCUT2D eigenvalue weighted by Gasteiger charge is 2.22. The molecule has 1 amide bonds. The lowest BCUT2D eigenvalue weighted by atomic mass is 9.92. The first-order chi connectivity index (χ1) is 15.7. The number of carbonyl (C=O) groups excluding carboxylic acids is 1. The number of hydrogen-bond acceptors (Lipinski definition) is 6. The minimum Gasteiger partial charge on any atom is -0.352 e. The molecule has 1 aliphatic carbocycles. The summed E-state index contributed by atoms with van der Waals surface area (Å²) in [5, 5.41) is 9.04. The monoisotopic (exact) mass is 524 g/mol. The maximum absolute atomic E-state index is 12.4. The van der Waals surface area contributed by atoms with Gasteiger partial charge in [-0.2, -0.15) is 5.10 Å². The van der Waals surface area contributed by atoms with Crippen molar-refractivity contribution in [2.45, 2.75) is 36.9 Å². The number of aromatic nitrogens is 3. The van der Waals surface area contributed by atoms with Crippen molar-refractivity contribution in [1.29, 1.82) is 0 Å². The Morgan fingerprint density at radius 1 is 1.27 bits per heavy atom. The topological polar surface area (TPSA) is 93.9 Å². The predicted octanol–water partition coefficient (Wildman–Crippen LogP) is 4.31. The lowest BCUT2D eigenvalue weighted by Gasteiger charge is -2.18. The number of halogens is 2. The van der Waals surface area contributed by atoms with Crippen molar-refractivity contribution in [1.82, 2.24) is 20.1 Å². The third-order valence-corrected chi connectivity index (χ3v) is 8.99. The van der Waals surface area contributed by atoms with Crippen LogP contribution in [0.1, 0.15) is 34.7 Å². The molecule has 3 aromatic rings. The smallest absolute Gasteiger partial charge is 0.235 e. The second-order valence-electron chi connectivity index (χ2n) is 7.76. The van der Waals surface area contributed by atoms with Crippen molar-refractivity contribution in [3.63, 3.8) is 0 Å². The largest absolute Gasteiger partial charge is 0.352 e. The van der Waals surface area contributed by atoms with E-state index in [0.717, 1.165) is 53.0 Å². The Hall–Kier alpha value is -2.20. The molecular formula is C22H22Cl2N4O3S2. The number of benzene rings is 1. The molecule has 11 heteroatoms. The minimum atomic E-state index is -3.69. The average molecular weight is 525 g/mol. The second kappa shape index (κ2) is 9.97. The molecule has 0 spiro atoms. The van der Waals surface area contributed by atoms with Crippen LogP contribution in [-0.4, -0.2) is 41.4 Å². The number of amides is 1.